The minimum atomic E-state index is 0.631. The summed E-state index contributed by atoms with van der Waals surface area (Å²) in [6.07, 6.45) is 2.14. The lowest BCUT2D eigenvalue weighted by Crippen LogP contribution is -2.41. The van der Waals surface area contributed by atoms with Crippen LogP contribution in [0.5, 0.6) is 5.75 Å². The molecule has 1 rings (SSSR count). The molecular formula is C17H29N3O2. The third-order valence-electron chi connectivity index (χ3n) is 3.21. The molecule has 0 atom stereocenters. The summed E-state index contributed by atoms with van der Waals surface area (Å²) >= 11 is 0. The van der Waals surface area contributed by atoms with Crippen LogP contribution in [0.2, 0.25) is 0 Å². The first-order chi connectivity index (χ1) is 10.8. The van der Waals surface area contributed by atoms with Crippen LogP contribution in [0, 0.1) is 0 Å². The second-order valence-corrected chi connectivity index (χ2v) is 4.96. The monoisotopic (exact) mass is 307 g/mol. The molecule has 0 unspecified atom stereocenters. The topological polar surface area (TPSA) is 46.1 Å². The largest absolute Gasteiger partial charge is 0.492 e. The Morgan fingerprint density at radius 2 is 1.95 bits per heavy atom. The molecule has 0 fully saturated rings. The van der Waals surface area contributed by atoms with E-state index in [2.05, 4.69) is 15.2 Å². The third kappa shape index (κ3) is 7.88. The zero-order chi connectivity index (χ0) is 16.0. The maximum Gasteiger partial charge on any atom is 0.193 e. The molecule has 0 saturated heterocycles. The molecule has 0 aliphatic heterocycles. The number of rotatable bonds is 10. The minimum absolute atomic E-state index is 0.631. The highest BCUT2D eigenvalue weighted by molar-refractivity contribution is 5.79. The van der Waals surface area contributed by atoms with Crippen molar-refractivity contribution in [1.29, 1.82) is 0 Å². The second kappa shape index (κ2) is 11.9. The summed E-state index contributed by atoms with van der Waals surface area (Å²) in [5.41, 5.74) is 0. The number of hydrogen-bond acceptors (Lipinski definition) is 3. The van der Waals surface area contributed by atoms with Gasteiger partial charge in [-0.05, 0) is 31.9 Å². The maximum atomic E-state index is 5.70. The Labute approximate surface area is 134 Å². The number of para-hydroxylation sites is 1. The molecule has 124 valence electrons. The van der Waals surface area contributed by atoms with Crippen molar-refractivity contribution in [3.63, 3.8) is 0 Å². The number of nitrogens with one attached hydrogen (secondary N) is 1. The average molecular weight is 307 g/mol. The van der Waals surface area contributed by atoms with Gasteiger partial charge in [-0.1, -0.05) is 18.2 Å². The number of unbranched alkanes of at least 4 members (excludes halogenated alkanes) is 1. The molecule has 0 saturated carbocycles. The van der Waals surface area contributed by atoms with E-state index >= 15 is 0 Å². The molecule has 0 aromatic heterocycles. The van der Waals surface area contributed by atoms with Crippen LogP contribution >= 0.6 is 0 Å². The highest BCUT2D eigenvalue weighted by atomic mass is 16.5. The van der Waals surface area contributed by atoms with Crippen molar-refractivity contribution in [2.45, 2.75) is 19.8 Å². The Bertz CT molecular complexity index is 410. The quantitative estimate of drug-likeness (QED) is 0.409. The smallest absolute Gasteiger partial charge is 0.193 e. The predicted octanol–water partition coefficient (Wildman–Crippen LogP) is 2.39. The van der Waals surface area contributed by atoms with Crippen LogP contribution in [0.15, 0.2) is 35.3 Å². The van der Waals surface area contributed by atoms with Gasteiger partial charge < -0.3 is 19.7 Å². The van der Waals surface area contributed by atoms with Crippen LogP contribution < -0.4 is 10.1 Å². The number of hydrogen-bond donors (Lipinski definition) is 1. The molecule has 1 aromatic carbocycles. The number of likely N-dealkylation sites (N-methyl/N-ethyl adjacent to an activating group) is 1. The van der Waals surface area contributed by atoms with Gasteiger partial charge in [-0.3, -0.25) is 4.99 Å². The summed E-state index contributed by atoms with van der Waals surface area (Å²) < 4.78 is 11.0. The standard InChI is InChI=1S/C17H29N3O2/c1-4-21-14-9-8-12-19-17(18-2)20(3)13-15-22-16-10-6-5-7-11-16/h5-7,10-11H,4,8-9,12-15H2,1-3H3,(H,18,19). The Hall–Kier alpha value is -1.75. The first-order valence-corrected chi connectivity index (χ1v) is 7.95. The number of benzene rings is 1. The van der Waals surface area contributed by atoms with E-state index in [1.807, 2.05) is 44.3 Å². The van der Waals surface area contributed by atoms with Crippen LogP contribution in [-0.4, -0.2) is 57.9 Å². The normalized spacial score (nSPS) is 11.3. The van der Waals surface area contributed by atoms with E-state index < -0.39 is 0 Å². The molecule has 0 aliphatic rings. The lowest BCUT2D eigenvalue weighted by atomic mass is 10.3. The van der Waals surface area contributed by atoms with Gasteiger partial charge in [0.2, 0.25) is 0 Å². The lowest BCUT2D eigenvalue weighted by Gasteiger charge is -2.22. The van der Waals surface area contributed by atoms with Crippen molar-refractivity contribution in [1.82, 2.24) is 10.2 Å². The Kier molecular flexibility index (Phi) is 9.87. The molecule has 0 radical (unpaired) electrons. The van der Waals surface area contributed by atoms with Crippen molar-refractivity contribution in [3.05, 3.63) is 30.3 Å². The van der Waals surface area contributed by atoms with Gasteiger partial charge in [0.1, 0.15) is 12.4 Å². The van der Waals surface area contributed by atoms with Crippen LogP contribution in [0.25, 0.3) is 0 Å². The third-order valence-corrected chi connectivity index (χ3v) is 3.21. The lowest BCUT2D eigenvalue weighted by molar-refractivity contribution is 0.143. The molecule has 1 N–H and O–H groups in total. The Morgan fingerprint density at radius 3 is 2.64 bits per heavy atom. The number of nitrogens with zero attached hydrogens (tertiary/aromatic N) is 2. The highest BCUT2D eigenvalue weighted by Gasteiger charge is 2.05. The van der Waals surface area contributed by atoms with Gasteiger partial charge in [0, 0.05) is 33.9 Å². The number of ether oxygens (including phenoxy) is 2. The first kappa shape index (κ1) is 18.3. The average Bonchev–Trinajstić information content (AvgIpc) is 2.55. The SMILES string of the molecule is CCOCCCCNC(=NC)N(C)CCOc1ccccc1. The van der Waals surface area contributed by atoms with E-state index in [1.54, 1.807) is 7.05 Å². The van der Waals surface area contributed by atoms with Gasteiger partial charge in [-0.2, -0.15) is 0 Å². The van der Waals surface area contributed by atoms with Gasteiger partial charge in [-0.15, -0.1) is 0 Å². The Morgan fingerprint density at radius 1 is 1.18 bits per heavy atom. The first-order valence-electron chi connectivity index (χ1n) is 7.95. The van der Waals surface area contributed by atoms with Crippen molar-refractivity contribution < 1.29 is 9.47 Å². The van der Waals surface area contributed by atoms with Gasteiger partial charge in [-0.25, -0.2) is 0 Å². The fraction of sp³-hybridized carbons (Fsp3) is 0.588. The molecular weight excluding hydrogens is 278 g/mol. The second-order valence-electron chi connectivity index (χ2n) is 4.96. The van der Waals surface area contributed by atoms with Crippen LogP contribution in [-0.2, 0) is 4.74 Å². The van der Waals surface area contributed by atoms with Gasteiger partial charge >= 0.3 is 0 Å². The molecule has 0 bridgehead atoms. The minimum Gasteiger partial charge on any atom is -0.492 e. The van der Waals surface area contributed by atoms with Crippen molar-refractivity contribution in [2.24, 2.45) is 4.99 Å². The highest BCUT2D eigenvalue weighted by Crippen LogP contribution is 2.07. The molecule has 0 spiro atoms. The van der Waals surface area contributed by atoms with Crippen molar-refractivity contribution in [2.75, 3.05) is 47.0 Å². The molecule has 0 aliphatic carbocycles. The summed E-state index contributed by atoms with van der Waals surface area (Å²) in [6, 6.07) is 9.86. The van der Waals surface area contributed by atoms with E-state index in [9.17, 15) is 0 Å². The van der Waals surface area contributed by atoms with Crippen molar-refractivity contribution >= 4 is 5.96 Å². The van der Waals surface area contributed by atoms with Gasteiger partial charge in [0.05, 0.1) is 6.54 Å². The molecule has 5 heteroatoms. The summed E-state index contributed by atoms with van der Waals surface area (Å²) in [5.74, 6) is 1.79. The summed E-state index contributed by atoms with van der Waals surface area (Å²) in [4.78, 5) is 6.37. The Balaban J connectivity index is 2.16. The maximum absolute atomic E-state index is 5.70. The molecule has 5 nitrogen and oxygen atoms in total. The summed E-state index contributed by atoms with van der Waals surface area (Å²) in [7, 11) is 3.82. The molecule has 0 amide bonds. The zero-order valence-corrected chi connectivity index (χ0v) is 14.0. The van der Waals surface area contributed by atoms with Crippen LogP contribution in [0.4, 0.5) is 0 Å². The van der Waals surface area contributed by atoms with E-state index in [1.165, 1.54) is 0 Å². The van der Waals surface area contributed by atoms with E-state index in [-0.39, 0.29) is 0 Å². The van der Waals surface area contributed by atoms with Crippen LogP contribution in [0.3, 0.4) is 0 Å². The summed E-state index contributed by atoms with van der Waals surface area (Å²) in [6.45, 7) is 5.96. The number of guanidine groups is 1. The molecule has 0 heterocycles. The fourth-order valence-corrected chi connectivity index (χ4v) is 1.98. The molecule has 1 aromatic rings. The van der Waals surface area contributed by atoms with Crippen LogP contribution in [0.1, 0.15) is 19.8 Å². The fourth-order valence-electron chi connectivity index (χ4n) is 1.98. The zero-order valence-electron chi connectivity index (χ0n) is 14.0. The van der Waals surface area contributed by atoms with E-state index in [0.717, 1.165) is 50.9 Å². The van der Waals surface area contributed by atoms with Gasteiger partial charge in [0.15, 0.2) is 5.96 Å². The molecule has 22 heavy (non-hydrogen) atoms. The summed E-state index contributed by atoms with van der Waals surface area (Å²) in [5, 5.41) is 3.36. The predicted molar refractivity (Wildman–Crippen MR) is 91.7 cm³/mol. The van der Waals surface area contributed by atoms with Gasteiger partial charge in [0.25, 0.3) is 0 Å². The van der Waals surface area contributed by atoms with E-state index in [4.69, 9.17) is 9.47 Å². The van der Waals surface area contributed by atoms with Crippen molar-refractivity contribution in [3.8, 4) is 5.75 Å². The van der Waals surface area contributed by atoms with E-state index in [0.29, 0.717) is 6.61 Å². The number of aliphatic imine (C=N–C) groups is 1.